The Bertz CT molecular complexity index is 508. The summed E-state index contributed by atoms with van der Waals surface area (Å²) in [6.45, 7) is 0.988. The van der Waals surface area contributed by atoms with Crippen molar-refractivity contribution in [2.75, 3.05) is 13.6 Å². The van der Waals surface area contributed by atoms with Gasteiger partial charge in [0.2, 0.25) is 10.0 Å². The average Bonchev–Trinajstić information content (AvgIpc) is 3.02. The van der Waals surface area contributed by atoms with E-state index < -0.39 is 10.0 Å². The fraction of sp³-hybridized carbons (Fsp3) is 0.636. The quantitative estimate of drug-likeness (QED) is 0.796. The molecule has 0 aliphatic heterocycles. The van der Waals surface area contributed by atoms with Gasteiger partial charge in [-0.3, -0.25) is 0 Å². The van der Waals surface area contributed by atoms with Gasteiger partial charge in [0.15, 0.2) is 4.67 Å². The summed E-state index contributed by atoms with van der Waals surface area (Å²) in [5.74, 6) is 1.30. The zero-order chi connectivity index (χ0) is 13.2. The third kappa shape index (κ3) is 3.57. The van der Waals surface area contributed by atoms with Crippen molar-refractivity contribution in [3.8, 4) is 0 Å². The average molecular weight is 337 g/mol. The molecule has 0 spiro atoms. The largest absolute Gasteiger partial charge is 0.452 e. The van der Waals surface area contributed by atoms with Crippen molar-refractivity contribution >= 4 is 26.0 Å². The lowest BCUT2D eigenvalue weighted by Crippen LogP contribution is -2.25. The molecule has 1 heterocycles. The fourth-order valence-electron chi connectivity index (χ4n) is 1.72. The van der Waals surface area contributed by atoms with E-state index in [-0.39, 0.29) is 9.56 Å². The minimum atomic E-state index is -3.47. The number of rotatable bonds is 7. The summed E-state index contributed by atoms with van der Waals surface area (Å²) in [6, 6.07) is 1.54. The molecule has 0 saturated heterocycles. The molecule has 1 fully saturated rings. The first kappa shape index (κ1) is 14.0. The van der Waals surface area contributed by atoms with Crippen LogP contribution in [0.4, 0.5) is 0 Å². The first-order valence-electron chi connectivity index (χ1n) is 5.95. The van der Waals surface area contributed by atoms with Crippen LogP contribution in [-0.2, 0) is 16.6 Å². The SMILES string of the molecule is CNCc1cc(S(=O)(=O)NCCC2CC2)c(Br)o1. The minimum Gasteiger partial charge on any atom is -0.452 e. The summed E-state index contributed by atoms with van der Waals surface area (Å²) < 4.78 is 32.3. The Morgan fingerprint density at radius 1 is 1.50 bits per heavy atom. The van der Waals surface area contributed by atoms with Crippen LogP contribution in [0.2, 0.25) is 0 Å². The van der Waals surface area contributed by atoms with E-state index in [0.717, 1.165) is 6.42 Å². The molecule has 2 N–H and O–H groups in total. The molecule has 1 aromatic rings. The van der Waals surface area contributed by atoms with Gasteiger partial charge in [-0.25, -0.2) is 13.1 Å². The van der Waals surface area contributed by atoms with Gasteiger partial charge in [0, 0.05) is 12.6 Å². The molecule has 0 unspecified atom stereocenters. The topological polar surface area (TPSA) is 71.3 Å². The van der Waals surface area contributed by atoms with Gasteiger partial charge in [0.05, 0.1) is 6.54 Å². The predicted octanol–water partition coefficient (Wildman–Crippen LogP) is 1.84. The highest BCUT2D eigenvalue weighted by atomic mass is 79.9. The number of furan rings is 1. The van der Waals surface area contributed by atoms with Crippen LogP contribution in [0, 0.1) is 5.92 Å². The van der Waals surface area contributed by atoms with Crippen LogP contribution in [0.15, 0.2) is 20.0 Å². The summed E-state index contributed by atoms with van der Waals surface area (Å²) in [5, 5.41) is 2.91. The Hall–Kier alpha value is -0.370. The van der Waals surface area contributed by atoms with Crippen molar-refractivity contribution in [2.24, 2.45) is 5.92 Å². The molecule has 0 bridgehead atoms. The molecular weight excluding hydrogens is 320 g/mol. The molecule has 0 aromatic carbocycles. The highest BCUT2D eigenvalue weighted by Gasteiger charge is 2.24. The lowest BCUT2D eigenvalue weighted by atomic mass is 10.3. The van der Waals surface area contributed by atoms with E-state index in [1.165, 1.54) is 12.8 Å². The minimum absolute atomic E-state index is 0.170. The molecule has 1 aromatic heterocycles. The molecule has 18 heavy (non-hydrogen) atoms. The first-order chi connectivity index (χ1) is 8.53. The van der Waals surface area contributed by atoms with Crippen LogP contribution in [0.5, 0.6) is 0 Å². The Morgan fingerprint density at radius 2 is 2.22 bits per heavy atom. The fourth-order valence-corrected chi connectivity index (χ4v) is 3.77. The summed E-state index contributed by atoms with van der Waals surface area (Å²) in [7, 11) is -1.70. The molecule has 7 heteroatoms. The number of hydrogen-bond acceptors (Lipinski definition) is 4. The second-order valence-electron chi connectivity index (χ2n) is 4.51. The third-order valence-corrected chi connectivity index (χ3v) is 5.21. The lowest BCUT2D eigenvalue weighted by Gasteiger charge is -2.03. The molecule has 0 amide bonds. The predicted molar refractivity (Wildman–Crippen MR) is 71.7 cm³/mol. The van der Waals surface area contributed by atoms with Crippen molar-refractivity contribution in [3.63, 3.8) is 0 Å². The van der Waals surface area contributed by atoms with E-state index in [1.54, 1.807) is 13.1 Å². The van der Waals surface area contributed by atoms with E-state index in [1.807, 2.05) is 0 Å². The van der Waals surface area contributed by atoms with Gasteiger partial charge < -0.3 is 9.73 Å². The Labute approximate surface area is 116 Å². The monoisotopic (exact) mass is 336 g/mol. The number of hydrogen-bond donors (Lipinski definition) is 2. The molecule has 1 saturated carbocycles. The van der Waals surface area contributed by atoms with Crippen LogP contribution < -0.4 is 10.0 Å². The molecule has 0 radical (unpaired) electrons. The highest BCUT2D eigenvalue weighted by Crippen LogP contribution is 2.32. The van der Waals surface area contributed by atoms with Crippen molar-refractivity contribution in [1.29, 1.82) is 0 Å². The first-order valence-corrected chi connectivity index (χ1v) is 8.23. The van der Waals surface area contributed by atoms with Crippen LogP contribution in [0.1, 0.15) is 25.0 Å². The van der Waals surface area contributed by atoms with E-state index in [4.69, 9.17) is 4.42 Å². The second kappa shape index (κ2) is 5.73. The van der Waals surface area contributed by atoms with Crippen LogP contribution in [-0.4, -0.2) is 22.0 Å². The van der Waals surface area contributed by atoms with E-state index in [0.29, 0.717) is 24.8 Å². The van der Waals surface area contributed by atoms with Crippen LogP contribution in [0.25, 0.3) is 0 Å². The molecule has 2 rings (SSSR count). The smallest absolute Gasteiger partial charge is 0.244 e. The highest BCUT2D eigenvalue weighted by molar-refractivity contribution is 9.10. The zero-order valence-electron chi connectivity index (χ0n) is 10.2. The summed E-state index contributed by atoms with van der Waals surface area (Å²) in [6.07, 6.45) is 3.37. The molecule has 0 atom stereocenters. The van der Waals surface area contributed by atoms with Crippen molar-refractivity contribution in [3.05, 3.63) is 16.5 Å². The maximum absolute atomic E-state index is 12.1. The van der Waals surface area contributed by atoms with E-state index in [9.17, 15) is 8.42 Å². The normalized spacial score (nSPS) is 16.1. The molecule has 1 aliphatic carbocycles. The Kier molecular flexibility index (Phi) is 4.47. The molecular formula is C11H17BrN2O3S. The van der Waals surface area contributed by atoms with E-state index >= 15 is 0 Å². The summed E-state index contributed by atoms with van der Waals surface area (Å²) in [4.78, 5) is 0.170. The summed E-state index contributed by atoms with van der Waals surface area (Å²) in [5.41, 5.74) is 0. The lowest BCUT2D eigenvalue weighted by molar-refractivity contribution is 0.470. The van der Waals surface area contributed by atoms with Gasteiger partial charge in [0.25, 0.3) is 0 Å². The van der Waals surface area contributed by atoms with Crippen LogP contribution >= 0.6 is 15.9 Å². The maximum atomic E-state index is 12.1. The third-order valence-electron chi connectivity index (χ3n) is 2.89. The van der Waals surface area contributed by atoms with Gasteiger partial charge >= 0.3 is 0 Å². The summed E-state index contributed by atoms with van der Waals surface area (Å²) >= 11 is 3.14. The van der Waals surface area contributed by atoms with Gasteiger partial charge in [-0.1, -0.05) is 12.8 Å². The van der Waals surface area contributed by atoms with Gasteiger partial charge in [-0.2, -0.15) is 0 Å². The van der Waals surface area contributed by atoms with Gasteiger partial charge in [0.1, 0.15) is 10.7 Å². The van der Waals surface area contributed by atoms with Crippen molar-refractivity contribution < 1.29 is 12.8 Å². The van der Waals surface area contributed by atoms with Gasteiger partial charge in [-0.15, -0.1) is 0 Å². The number of halogens is 1. The molecule has 5 nitrogen and oxygen atoms in total. The zero-order valence-corrected chi connectivity index (χ0v) is 12.6. The van der Waals surface area contributed by atoms with Crippen LogP contribution in [0.3, 0.4) is 0 Å². The second-order valence-corrected chi connectivity index (χ2v) is 6.97. The van der Waals surface area contributed by atoms with E-state index in [2.05, 4.69) is 26.0 Å². The standard InChI is InChI=1S/C11H17BrN2O3S/c1-13-7-9-6-10(11(12)17-9)18(15,16)14-5-4-8-2-3-8/h6,8,13-14H,2-5,7H2,1H3. The molecule has 1 aliphatic rings. The Balaban J connectivity index is 2.02. The Morgan fingerprint density at radius 3 is 2.83 bits per heavy atom. The number of sulfonamides is 1. The number of nitrogens with one attached hydrogen (secondary N) is 2. The van der Waals surface area contributed by atoms with Crippen molar-refractivity contribution in [2.45, 2.75) is 30.7 Å². The maximum Gasteiger partial charge on any atom is 0.244 e. The van der Waals surface area contributed by atoms with Gasteiger partial charge in [-0.05, 0) is 35.3 Å². The van der Waals surface area contributed by atoms with Crippen molar-refractivity contribution in [1.82, 2.24) is 10.0 Å². The molecule has 102 valence electrons.